The predicted molar refractivity (Wildman–Crippen MR) is 69.1 cm³/mol. The van der Waals surface area contributed by atoms with E-state index in [4.69, 9.17) is 4.42 Å². The van der Waals surface area contributed by atoms with Crippen molar-refractivity contribution in [3.05, 3.63) is 12.0 Å². The summed E-state index contributed by atoms with van der Waals surface area (Å²) in [6.45, 7) is 6.27. The first-order valence-corrected chi connectivity index (χ1v) is 6.58. The highest BCUT2D eigenvalue weighted by molar-refractivity contribution is 5.25. The molecule has 1 aromatic rings. The number of aromatic nitrogens is 1. The highest BCUT2D eigenvalue weighted by Gasteiger charge is 2.20. The van der Waals surface area contributed by atoms with Gasteiger partial charge in [0.15, 0.2) is 0 Å². The van der Waals surface area contributed by atoms with Crippen LogP contribution in [0.25, 0.3) is 0 Å². The molecule has 96 valence electrons. The van der Waals surface area contributed by atoms with Crippen LogP contribution in [0.1, 0.15) is 38.8 Å². The zero-order chi connectivity index (χ0) is 12.3. The molecule has 1 aliphatic carbocycles. The smallest absolute Gasteiger partial charge is 0.297 e. The van der Waals surface area contributed by atoms with Gasteiger partial charge in [-0.25, -0.2) is 0 Å². The van der Waals surface area contributed by atoms with Crippen LogP contribution < -0.4 is 10.2 Å². The van der Waals surface area contributed by atoms with Crippen molar-refractivity contribution < 1.29 is 4.42 Å². The lowest BCUT2D eigenvalue weighted by Gasteiger charge is -2.18. The van der Waals surface area contributed by atoms with Gasteiger partial charge < -0.3 is 14.6 Å². The van der Waals surface area contributed by atoms with E-state index in [-0.39, 0.29) is 0 Å². The molecule has 1 saturated carbocycles. The number of hydrogen-bond donors (Lipinski definition) is 1. The maximum absolute atomic E-state index is 5.50. The summed E-state index contributed by atoms with van der Waals surface area (Å²) < 4.78 is 5.50. The summed E-state index contributed by atoms with van der Waals surface area (Å²) >= 11 is 0. The molecule has 17 heavy (non-hydrogen) atoms. The van der Waals surface area contributed by atoms with Gasteiger partial charge in [0.1, 0.15) is 6.26 Å². The van der Waals surface area contributed by atoms with Gasteiger partial charge in [0.2, 0.25) is 0 Å². The van der Waals surface area contributed by atoms with Crippen molar-refractivity contribution in [3.8, 4) is 0 Å². The highest BCUT2D eigenvalue weighted by atomic mass is 16.4. The number of nitrogens with one attached hydrogen (secondary N) is 1. The van der Waals surface area contributed by atoms with E-state index in [1.165, 1.54) is 19.3 Å². The number of anilines is 1. The number of nitrogens with zero attached hydrogens (tertiary/aromatic N) is 2. The molecule has 0 aromatic carbocycles. The second-order valence-electron chi connectivity index (χ2n) is 5.17. The fourth-order valence-corrected chi connectivity index (χ4v) is 1.76. The summed E-state index contributed by atoms with van der Waals surface area (Å²) in [6.07, 6.45) is 5.55. The molecule has 0 aliphatic heterocycles. The van der Waals surface area contributed by atoms with Gasteiger partial charge in [0, 0.05) is 26.2 Å². The molecule has 0 spiro atoms. The molecule has 4 nitrogen and oxygen atoms in total. The first-order valence-electron chi connectivity index (χ1n) is 6.58. The minimum Gasteiger partial charge on any atom is -0.432 e. The predicted octanol–water partition coefficient (Wildman–Crippen LogP) is 2.41. The molecule has 1 unspecified atom stereocenters. The van der Waals surface area contributed by atoms with Crippen LogP contribution in [-0.2, 0) is 6.54 Å². The molecule has 1 fully saturated rings. The second-order valence-corrected chi connectivity index (χ2v) is 5.17. The van der Waals surface area contributed by atoms with E-state index in [1.807, 2.05) is 7.05 Å². The molecule has 0 saturated heterocycles. The highest BCUT2D eigenvalue weighted by Crippen LogP contribution is 2.20. The van der Waals surface area contributed by atoms with Crippen molar-refractivity contribution in [2.24, 2.45) is 5.92 Å². The summed E-state index contributed by atoms with van der Waals surface area (Å²) in [7, 11) is 2.04. The van der Waals surface area contributed by atoms with Crippen LogP contribution in [-0.4, -0.2) is 24.6 Å². The normalized spacial score (nSPS) is 17.1. The summed E-state index contributed by atoms with van der Waals surface area (Å²) in [5, 5.41) is 3.44. The quantitative estimate of drug-likeness (QED) is 0.790. The summed E-state index contributed by atoms with van der Waals surface area (Å²) in [5.74, 6) is 0.667. The van der Waals surface area contributed by atoms with Gasteiger partial charge in [-0.3, -0.25) is 0 Å². The zero-order valence-electron chi connectivity index (χ0n) is 11.1. The molecule has 1 aliphatic rings. The molecule has 0 amide bonds. The van der Waals surface area contributed by atoms with Gasteiger partial charge in [-0.2, -0.15) is 4.98 Å². The topological polar surface area (TPSA) is 41.3 Å². The van der Waals surface area contributed by atoms with E-state index in [2.05, 4.69) is 29.0 Å². The van der Waals surface area contributed by atoms with Crippen LogP contribution in [0.15, 0.2) is 10.7 Å². The summed E-state index contributed by atoms with van der Waals surface area (Å²) in [4.78, 5) is 6.59. The van der Waals surface area contributed by atoms with Gasteiger partial charge >= 0.3 is 0 Å². The lowest BCUT2D eigenvalue weighted by atomic mass is 10.1. The Morgan fingerprint density at radius 2 is 2.35 bits per heavy atom. The van der Waals surface area contributed by atoms with E-state index in [0.717, 1.165) is 24.8 Å². The molecule has 2 rings (SSSR count). The van der Waals surface area contributed by atoms with E-state index in [1.54, 1.807) is 6.26 Å². The average molecular weight is 237 g/mol. The third kappa shape index (κ3) is 3.73. The van der Waals surface area contributed by atoms with E-state index in [0.29, 0.717) is 12.0 Å². The van der Waals surface area contributed by atoms with E-state index < -0.39 is 0 Å². The van der Waals surface area contributed by atoms with Crippen molar-refractivity contribution >= 4 is 6.01 Å². The summed E-state index contributed by atoms with van der Waals surface area (Å²) in [5.41, 5.74) is 1.00. The van der Waals surface area contributed by atoms with Crippen molar-refractivity contribution in [2.75, 3.05) is 18.5 Å². The van der Waals surface area contributed by atoms with E-state index >= 15 is 0 Å². The van der Waals surface area contributed by atoms with Crippen LogP contribution >= 0.6 is 0 Å². The maximum atomic E-state index is 5.50. The first-order chi connectivity index (χ1) is 8.19. The van der Waals surface area contributed by atoms with Gasteiger partial charge in [0.05, 0.1) is 5.69 Å². The molecule has 1 heterocycles. The average Bonchev–Trinajstić information content (AvgIpc) is 3.03. The van der Waals surface area contributed by atoms with Crippen molar-refractivity contribution in [2.45, 2.75) is 45.7 Å². The van der Waals surface area contributed by atoms with Crippen LogP contribution in [0.2, 0.25) is 0 Å². The second kappa shape index (κ2) is 5.54. The monoisotopic (exact) mass is 237 g/mol. The molecule has 1 atom stereocenters. The molecule has 0 radical (unpaired) electrons. The third-order valence-corrected chi connectivity index (χ3v) is 3.30. The largest absolute Gasteiger partial charge is 0.432 e. The maximum Gasteiger partial charge on any atom is 0.297 e. The van der Waals surface area contributed by atoms with Crippen LogP contribution in [0, 0.1) is 5.92 Å². The fourth-order valence-electron chi connectivity index (χ4n) is 1.76. The Hall–Kier alpha value is -1.03. The van der Waals surface area contributed by atoms with Crippen molar-refractivity contribution in [1.82, 2.24) is 10.3 Å². The van der Waals surface area contributed by atoms with Gasteiger partial charge in [-0.1, -0.05) is 20.3 Å². The van der Waals surface area contributed by atoms with Gasteiger partial charge in [-0.15, -0.1) is 0 Å². The molecule has 4 heteroatoms. The van der Waals surface area contributed by atoms with Gasteiger partial charge in [-0.05, 0) is 18.8 Å². The first kappa shape index (κ1) is 12.4. The minimum atomic E-state index is 0.667. The third-order valence-electron chi connectivity index (χ3n) is 3.30. The Bertz CT molecular complexity index is 346. The zero-order valence-corrected chi connectivity index (χ0v) is 11.1. The Kier molecular flexibility index (Phi) is 4.05. The molecule has 1 N–H and O–H groups in total. The Morgan fingerprint density at radius 3 is 3.00 bits per heavy atom. The van der Waals surface area contributed by atoms with E-state index in [9.17, 15) is 0 Å². The number of hydrogen-bond acceptors (Lipinski definition) is 4. The lowest BCUT2D eigenvalue weighted by molar-refractivity contribution is 0.502. The van der Waals surface area contributed by atoms with Crippen molar-refractivity contribution in [3.63, 3.8) is 0 Å². The van der Waals surface area contributed by atoms with Gasteiger partial charge in [0.25, 0.3) is 6.01 Å². The molecule has 0 bridgehead atoms. The van der Waals surface area contributed by atoms with Crippen LogP contribution in [0.5, 0.6) is 0 Å². The standard InChI is InChI=1S/C13H23N3O/c1-4-10(2)8-16(3)13-15-12(9-17-13)7-14-11-5-6-11/h9-11,14H,4-8H2,1-3H3. The Balaban J connectivity index is 1.82. The Morgan fingerprint density at radius 1 is 1.59 bits per heavy atom. The molecule has 1 aromatic heterocycles. The van der Waals surface area contributed by atoms with Crippen molar-refractivity contribution in [1.29, 1.82) is 0 Å². The van der Waals surface area contributed by atoms with Crippen LogP contribution in [0.4, 0.5) is 6.01 Å². The van der Waals surface area contributed by atoms with Crippen LogP contribution in [0.3, 0.4) is 0 Å². The molecular formula is C13H23N3O. The summed E-state index contributed by atoms with van der Waals surface area (Å²) in [6, 6.07) is 1.45. The SMILES string of the molecule is CCC(C)CN(C)c1nc(CNC2CC2)co1. The number of rotatable bonds is 7. The minimum absolute atomic E-state index is 0.667. The lowest BCUT2D eigenvalue weighted by Crippen LogP contribution is -2.24. The number of oxazole rings is 1. The fraction of sp³-hybridized carbons (Fsp3) is 0.769. The Labute approximate surface area is 103 Å². The molecular weight excluding hydrogens is 214 g/mol.